The summed E-state index contributed by atoms with van der Waals surface area (Å²) < 4.78 is 13.5. The number of aromatic amines is 1. The Bertz CT molecular complexity index is 1070. The Kier molecular flexibility index (Phi) is 4.50. The Morgan fingerprint density at radius 1 is 1.00 bits per heavy atom. The minimum absolute atomic E-state index is 0.323. The van der Waals surface area contributed by atoms with Crippen molar-refractivity contribution in [1.82, 2.24) is 15.2 Å². The molecule has 26 heavy (non-hydrogen) atoms. The third kappa shape index (κ3) is 3.65. The van der Waals surface area contributed by atoms with Crippen LogP contribution in [0.15, 0.2) is 60.8 Å². The fourth-order valence-electron chi connectivity index (χ4n) is 2.91. The van der Waals surface area contributed by atoms with Gasteiger partial charge in [0.1, 0.15) is 5.82 Å². The molecular formula is C21H15ClFN3. The first-order valence-electron chi connectivity index (χ1n) is 8.18. The van der Waals surface area contributed by atoms with Gasteiger partial charge in [0.05, 0.1) is 16.9 Å². The van der Waals surface area contributed by atoms with E-state index in [1.807, 2.05) is 42.5 Å². The van der Waals surface area contributed by atoms with Gasteiger partial charge in [0.15, 0.2) is 0 Å². The zero-order chi connectivity index (χ0) is 17.9. The molecule has 0 aliphatic carbocycles. The molecule has 2 aromatic heterocycles. The Labute approximate surface area is 155 Å². The lowest BCUT2D eigenvalue weighted by Gasteiger charge is -2.04. The predicted octanol–water partition coefficient (Wildman–Crippen LogP) is 5.51. The molecule has 1 N–H and O–H groups in total. The van der Waals surface area contributed by atoms with Gasteiger partial charge in [0, 0.05) is 16.6 Å². The fourth-order valence-corrected chi connectivity index (χ4v) is 3.15. The Hall–Kier alpha value is -2.98. The molecule has 0 fully saturated rings. The molecule has 4 aromatic rings. The van der Waals surface area contributed by atoms with Gasteiger partial charge in [-0.15, -0.1) is 0 Å². The van der Waals surface area contributed by atoms with E-state index < -0.39 is 0 Å². The fraction of sp³-hybridized carbons (Fsp3) is 0.0476. The quantitative estimate of drug-likeness (QED) is 0.519. The van der Waals surface area contributed by atoms with Crippen LogP contribution in [-0.2, 0) is 6.42 Å². The average molecular weight is 364 g/mol. The molecule has 0 atom stereocenters. The largest absolute Gasteiger partial charge is 0.277 e. The normalized spacial score (nSPS) is 11.5. The number of hydrogen-bond acceptors (Lipinski definition) is 2. The van der Waals surface area contributed by atoms with E-state index in [1.165, 1.54) is 12.1 Å². The van der Waals surface area contributed by atoms with Crippen molar-refractivity contribution in [3.63, 3.8) is 0 Å². The second-order valence-electron chi connectivity index (χ2n) is 6.03. The van der Waals surface area contributed by atoms with E-state index in [1.54, 1.807) is 12.3 Å². The molecule has 0 saturated heterocycles. The van der Waals surface area contributed by atoms with Crippen LogP contribution in [0.3, 0.4) is 0 Å². The van der Waals surface area contributed by atoms with Crippen LogP contribution in [0.1, 0.15) is 22.5 Å². The Morgan fingerprint density at radius 2 is 1.92 bits per heavy atom. The summed E-state index contributed by atoms with van der Waals surface area (Å²) in [6.45, 7) is 0. The molecule has 4 rings (SSSR count). The van der Waals surface area contributed by atoms with Crippen molar-refractivity contribution in [3.05, 3.63) is 94.1 Å². The number of nitrogens with zero attached hydrogens (tertiary/aromatic N) is 2. The summed E-state index contributed by atoms with van der Waals surface area (Å²) in [4.78, 5) is 4.28. The molecule has 2 aromatic carbocycles. The van der Waals surface area contributed by atoms with Gasteiger partial charge in [-0.1, -0.05) is 23.7 Å². The van der Waals surface area contributed by atoms with E-state index in [9.17, 15) is 4.39 Å². The lowest BCUT2D eigenvalue weighted by Crippen LogP contribution is -1.90. The Morgan fingerprint density at radius 3 is 2.73 bits per heavy atom. The summed E-state index contributed by atoms with van der Waals surface area (Å²) in [6.07, 6.45) is 6.21. The van der Waals surface area contributed by atoms with E-state index >= 15 is 0 Å². The highest BCUT2D eigenvalue weighted by Crippen LogP contribution is 2.23. The van der Waals surface area contributed by atoms with Gasteiger partial charge in [-0.2, -0.15) is 5.10 Å². The summed E-state index contributed by atoms with van der Waals surface area (Å²) in [5, 5.41) is 8.81. The minimum Gasteiger partial charge on any atom is -0.277 e. The van der Waals surface area contributed by atoms with Crippen molar-refractivity contribution in [1.29, 1.82) is 0 Å². The Balaban J connectivity index is 1.65. The van der Waals surface area contributed by atoms with Crippen LogP contribution in [0, 0.1) is 5.82 Å². The van der Waals surface area contributed by atoms with Gasteiger partial charge in [-0.25, -0.2) is 4.39 Å². The maximum atomic E-state index is 13.5. The van der Waals surface area contributed by atoms with Crippen LogP contribution in [0.4, 0.5) is 4.39 Å². The molecule has 0 bridgehead atoms. The molecule has 0 unspecified atom stereocenters. The van der Waals surface area contributed by atoms with Gasteiger partial charge in [0.25, 0.3) is 0 Å². The third-order valence-electron chi connectivity index (χ3n) is 4.09. The molecule has 0 aliphatic rings. The standard InChI is InChI=1S/C21H15ClFN3/c22-16-10-15(11-17(23)13-16)9-14-4-6-20-19(12-14)21(26-25-20)7-5-18-3-1-2-8-24-18/h1-8,10-13H,9H2,(H,25,26). The van der Waals surface area contributed by atoms with E-state index in [2.05, 4.69) is 21.2 Å². The summed E-state index contributed by atoms with van der Waals surface area (Å²) in [7, 11) is 0. The summed E-state index contributed by atoms with van der Waals surface area (Å²) in [5.41, 5.74) is 4.56. The number of H-pyrrole nitrogens is 1. The van der Waals surface area contributed by atoms with Crippen molar-refractivity contribution >= 4 is 34.7 Å². The van der Waals surface area contributed by atoms with Crippen LogP contribution in [-0.4, -0.2) is 15.2 Å². The molecule has 0 spiro atoms. The number of fused-ring (bicyclic) bond motifs is 1. The third-order valence-corrected chi connectivity index (χ3v) is 4.31. The second kappa shape index (κ2) is 7.10. The van der Waals surface area contributed by atoms with Crippen LogP contribution in [0.5, 0.6) is 0 Å². The topological polar surface area (TPSA) is 41.6 Å². The van der Waals surface area contributed by atoms with Crippen LogP contribution in [0.2, 0.25) is 5.02 Å². The second-order valence-corrected chi connectivity index (χ2v) is 6.47. The lowest BCUT2D eigenvalue weighted by atomic mass is 10.0. The smallest absolute Gasteiger partial charge is 0.124 e. The van der Waals surface area contributed by atoms with Gasteiger partial charge in [-0.3, -0.25) is 10.1 Å². The van der Waals surface area contributed by atoms with Gasteiger partial charge >= 0.3 is 0 Å². The lowest BCUT2D eigenvalue weighted by molar-refractivity contribution is 0.626. The minimum atomic E-state index is -0.323. The predicted molar refractivity (Wildman–Crippen MR) is 103 cm³/mol. The zero-order valence-corrected chi connectivity index (χ0v) is 14.5. The molecular weight excluding hydrogens is 349 g/mol. The molecule has 2 heterocycles. The number of aromatic nitrogens is 3. The number of rotatable bonds is 4. The first kappa shape index (κ1) is 16.5. The summed E-state index contributed by atoms with van der Waals surface area (Å²) >= 11 is 5.95. The number of pyridine rings is 1. The highest BCUT2D eigenvalue weighted by Gasteiger charge is 2.06. The van der Waals surface area contributed by atoms with Gasteiger partial charge in [-0.05, 0) is 72.2 Å². The number of halogens is 2. The first-order chi connectivity index (χ1) is 12.7. The van der Waals surface area contributed by atoms with Crippen molar-refractivity contribution in [2.24, 2.45) is 0 Å². The van der Waals surface area contributed by atoms with E-state index in [0.717, 1.165) is 33.4 Å². The number of nitrogens with one attached hydrogen (secondary N) is 1. The molecule has 0 saturated carbocycles. The van der Waals surface area contributed by atoms with Gasteiger partial charge in [0.2, 0.25) is 0 Å². The zero-order valence-electron chi connectivity index (χ0n) is 13.8. The maximum absolute atomic E-state index is 13.5. The van der Waals surface area contributed by atoms with Crippen LogP contribution < -0.4 is 0 Å². The number of hydrogen-bond donors (Lipinski definition) is 1. The van der Waals surface area contributed by atoms with E-state index in [-0.39, 0.29) is 5.82 Å². The highest BCUT2D eigenvalue weighted by atomic mass is 35.5. The molecule has 5 heteroatoms. The van der Waals surface area contributed by atoms with E-state index in [4.69, 9.17) is 11.6 Å². The summed E-state index contributed by atoms with van der Waals surface area (Å²) in [6, 6.07) is 16.4. The molecule has 128 valence electrons. The first-order valence-corrected chi connectivity index (χ1v) is 8.56. The molecule has 0 radical (unpaired) electrons. The molecule has 0 amide bonds. The maximum Gasteiger partial charge on any atom is 0.124 e. The molecule has 0 aliphatic heterocycles. The summed E-state index contributed by atoms with van der Waals surface area (Å²) in [5.74, 6) is -0.323. The van der Waals surface area contributed by atoms with Crippen LogP contribution in [0.25, 0.3) is 23.1 Å². The van der Waals surface area contributed by atoms with Crippen molar-refractivity contribution < 1.29 is 4.39 Å². The highest BCUT2D eigenvalue weighted by molar-refractivity contribution is 6.30. The average Bonchev–Trinajstić information content (AvgIpc) is 3.02. The van der Waals surface area contributed by atoms with Crippen LogP contribution >= 0.6 is 11.6 Å². The van der Waals surface area contributed by atoms with Crippen molar-refractivity contribution in [2.75, 3.05) is 0 Å². The monoisotopic (exact) mass is 363 g/mol. The van der Waals surface area contributed by atoms with Crippen molar-refractivity contribution in [3.8, 4) is 0 Å². The number of benzene rings is 2. The van der Waals surface area contributed by atoms with Crippen molar-refractivity contribution in [2.45, 2.75) is 6.42 Å². The van der Waals surface area contributed by atoms with Gasteiger partial charge < -0.3 is 0 Å². The SMILES string of the molecule is Fc1cc(Cl)cc(Cc2ccc3[nH]nc(C=Cc4ccccn4)c3c2)c1. The molecule has 3 nitrogen and oxygen atoms in total. The van der Waals surface area contributed by atoms with E-state index in [0.29, 0.717) is 11.4 Å².